The van der Waals surface area contributed by atoms with Crippen LogP contribution in [0.15, 0.2) is 57.9 Å². The maximum Gasteiger partial charge on any atom is 0.267 e. The smallest absolute Gasteiger partial charge is 0.267 e. The lowest BCUT2D eigenvalue weighted by Crippen LogP contribution is -2.36. The molecule has 156 valence electrons. The highest BCUT2D eigenvalue weighted by molar-refractivity contribution is 5.94. The summed E-state index contributed by atoms with van der Waals surface area (Å²) in [6, 6.07) is 12.8. The van der Waals surface area contributed by atoms with Crippen molar-refractivity contribution in [1.29, 1.82) is 0 Å². The van der Waals surface area contributed by atoms with Crippen molar-refractivity contribution >= 4 is 16.7 Å². The number of likely N-dealkylation sites (tertiary alicyclic amines) is 1. The molecule has 0 bridgehead atoms. The summed E-state index contributed by atoms with van der Waals surface area (Å²) < 4.78 is 7.47. The number of aryl methyl sites for hydroxylation is 1. The zero-order valence-electron chi connectivity index (χ0n) is 17.3. The molecule has 1 fully saturated rings. The molecule has 0 N–H and O–H groups in total. The van der Waals surface area contributed by atoms with Gasteiger partial charge in [0, 0.05) is 30.9 Å². The Morgan fingerprint density at radius 1 is 1.13 bits per heavy atom. The van der Waals surface area contributed by atoms with Crippen molar-refractivity contribution in [2.24, 2.45) is 7.05 Å². The highest BCUT2D eigenvalue weighted by Crippen LogP contribution is 2.34. The first-order chi connectivity index (χ1) is 15.0. The van der Waals surface area contributed by atoms with E-state index in [1.165, 1.54) is 4.57 Å². The topological polar surface area (TPSA) is 94.1 Å². The highest BCUT2D eigenvalue weighted by Gasteiger charge is 2.35. The van der Waals surface area contributed by atoms with Gasteiger partial charge in [0.15, 0.2) is 0 Å². The van der Waals surface area contributed by atoms with E-state index in [-0.39, 0.29) is 23.1 Å². The molecule has 0 spiro atoms. The summed E-state index contributed by atoms with van der Waals surface area (Å²) in [7, 11) is 1.66. The van der Waals surface area contributed by atoms with Gasteiger partial charge in [-0.3, -0.25) is 14.6 Å². The molecule has 8 nitrogen and oxygen atoms in total. The fraction of sp³-hybridized carbons (Fsp3) is 0.261. The molecule has 1 saturated heterocycles. The van der Waals surface area contributed by atoms with Gasteiger partial charge in [0.1, 0.15) is 17.3 Å². The minimum atomic E-state index is -0.366. The SMILES string of the molecule is Cc1ccc(C(=O)N2CCC[C@@H]2c2nnc(-c3nccc4ccccc34)o2)c(=O)n1C. The average Bonchev–Trinajstić information content (AvgIpc) is 3.46. The summed E-state index contributed by atoms with van der Waals surface area (Å²) in [5.41, 5.74) is 1.25. The van der Waals surface area contributed by atoms with Crippen LogP contribution < -0.4 is 5.56 Å². The van der Waals surface area contributed by atoms with Crippen LogP contribution >= 0.6 is 0 Å². The second-order valence-corrected chi connectivity index (χ2v) is 7.74. The van der Waals surface area contributed by atoms with E-state index in [2.05, 4.69) is 15.2 Å². The number of hydrogen-bond donors (Lipinski definition) is 0. The molecule has 1 aliphatic rings. The maximum atomic E-state index is 13.2. The number of aromatic nitrogens is 4. The number of benzene rings is 1. The van der Waals surface area contributed by atoms with Crippen molar-refractivity contribution in [3.8, 4) is 11.6 Å². The van der Waals surface area contributed by atoms with Crippen molar-refractivity contribution < 1.29 is 9.21 Å². The normalized spacial score (nSPS) is 16.2. The number of nitrogens with zero attached hydrogens (tertiary/aromatic N) is 5. The summed E-state index contributed by atoms with van der Waals surface area (Å²) in [6.07, 6.45) is 3.20. The molecule has 31 heavy (non-hydrogen) atoms. The molecule has 0 aliphatic carbocycles. The van der Waals surface area contributed by atoms with Gasteiger partial charge in [-0.05, 0) is 43.4 Å². The number of pyridine rings is 2. The van der Waals surface area contributed by atoms with Crippen LogP contribution in [0.2, 0.25) is 0 Å². The van der Waals surface area contributed by atoms with Gasteiger partial charge in [-0.1, -0.05) is 24.3 Å². The molecule has 1 aromatic carbocycles. The minimum Gasteiger partial charge on any atom is -0.417 e. The first-order valence-corrected chi connectivity index (χ1v) is 10.2. The van der Waals surface area contributed by atoms with Crippen molar-refractivity contribution in [2.45, 2.75) is 25.8 Å². The van der Waals surface area contributed by atoms with E-state index < -0.39 is 0 Å². The third-order valence-corrected chi connectivity index (χ3v) is 5.90. The van der Waals surface area contributed by atoms with Crippen LogP contribution in [0.1, 0.15) is 40.8 Å². The van der Waals surface area contributed by atoms with E-state index in [1.807, 2.05) is 37.3 Å². The number of carbonyl (C=O) groups is 1. The summed E-state index contributed by atoms with van der Waals surface area (Å²) >= 11 is 0. The summed E-state index contributed by atoms with van der Waals surface area (Å²) in [4.78, 5) is 31.9. The molecule has 1 atom stereocenters. The minimum absolute atomic E-state index is 0.149. The standard InChI is InChI=1S/C23H21N5O3/c1-14-9-10-17(22(29)27(14)2)23(30)28-13-5-8-18(28)20-25-26-21(31-20)19-16-7-4-3-6-15(16)11-12-24-19/h3-4,6-7,9-12,18H,5,8,13H2,1-2H3/t18-/m1/s1. The zero-order chi connectivity index (χ0) is 21.5. The lowest BCUT2D eigenvalue weighted by atomic mass is 10.1. The van der Waals surface area contributed by atoms with E-state index in [4.69, 9.17) is 4.42 Å². The first-order valence-electron chi connectivity index (χ1n) is 10.2. The predicted octanol–water partition coefficient (Wildman–Crippen LogP) is 3.27. The quantitative estimate of drug-likeness (QED) is 0.510. The van der Waals surface area contributed by atoms with E-state index in [0.29, 0.717) is 30.4 Å². The summed E-state index contributed by atoms with van der Waals surface area (Å²) in [5, 5.41) is 10.4. The van der Waals surface area contributed by atoms with Crippen LogP contribution in [0.25, 0.3) is 22.4 Å². The van der Waals surface area contributed by atoms with Gasteiger partial charge >= 0.3 is 0 Å². The molecule has 5 rings (SSSR count). The van der Waals surface area contributed by atoms with Crippen molar-refractivity contribution in [1.82, 2.24) is 24.6 Å². The van der Waals surface area contributed by atoms with E-state index in [9.17, 15) is 9.59 Å². The summed E-state index contributed by atoms with van der Waals surface area (Å²) in [6.45, 7) is 2.36. The Balaban J connectivity index is 1.48. The van der Waals surface area contributed by atoms with Gasteiger partial charge in [0.05, 0.1) is 0 Å². The van der Waals surface area contributed by atoms with Crippen LogP contribution in [-0.4, -0.2) is 37.1 Å². The maximum absolute atomic E-state index is 13.2. The Kier molecular flexibility index (Phi) is 4.62. The van der Waals surface area contributed by atoms with Crippen LogP contribution in [0, 0.1) is 6.92 Å². The molecule has 0 radical (unpaired) electrons. The zero-order valence-corrected chi connectivity index (χ0v) is 17.3. The molecular weight excluding hydrogens is 394 g/mol. The van der Waals surface area contributed by atoms with E-state index >= 15 is 0 Å². The lowest BCUT2D eigenvalue weighted by molar-refractivity contribution is 0.0713. The Morgan fingerprint density at radius 2 is 1.97 bits per heavy atom. The highest BCUT2D eigenvalue weighted by atomic mass is 16.4. The van der Waals surface area contributed by atoms with Gasteiger partial charge in [-0.25, -0.2) is 0 Å². The monoisotopic (exact) mass is 415 g/mol. The molecule has 0 saturated carbocycles. The molecule has 8 heteroatoms. The summed E-state index contributed by atoms with van der Waals surface area (Å²) in [5.74, 6) is 0.364. The van der Waals surface area contributed by atoms with Gasteiger partial charge < -0.3 is 13.9 Å². The lowest BCUT2D eigenvalue weighted by Gasteiger charge is -2.22. The largest absolute Gasteiger partial charge is 0.417 e. The van der Waals surface area contributed by atoms with Gasteiger partial charge in [0.2, 0.25) is 5.89 Å². The number of fused-ring (bicyclic) bond motifs is 1. The second-order valence-electron chi connectivity index (χ2n) is 7.74. The molecule has 4 aromatic rings. The van der Waals surface area contributed by atoms with Crippen molar-refractivity contribution in [3.63, 3.8) is 0 Å². The van der Waals surface area contributed by atoms with E-state index in [0.717, 1.165) is 22.9 Å². The van der Waals surface area contributed by atoms with Crippen molar-refractivity contribution in [2.75, 3.05) is 6.54 Å². The molecule has 3 aromatic heterocycles. The molecule has 4 heterocycles. The molecule has 1 amide bonds. The van der Waals surface area contributed by atoms with Crippen molar-refractivity contribution in [3.05, 3.63) is 76.2 Å². The van der Waals surface area contributed by atoms with Gasteiger partial charge in [-0.15, -0.1) is 10.2 Å². The number of hydrogen-bond acceptors (Lipinski definition) is 6. The van der Waals surface area contributed by atoms with Crippen LogP contribution in [0.4, 0.5) is 0 Å². The number of amides is 1. The number of rotatable bonds is 3. The average molecular weight is 415 g/mol. The first kappa shape index (κ1) is 19.2. The fourth-order valence-corrected chi connectivity index (χ4v) is 4.07. The van der Waals surface area contributed by atoms with Gasteiger partial charge in [0.25, 0.3) is 17.4 Å². The molecule has 1 aliphatic heterocycles. The molecule has 0 unspecified atom stereocenters. The Hall–Kier alpha value is -3.81. The van der Waals surface area contributed by atoms with Crippen LogP contribution in [0.5, 0.6) is 0 Å². The third-order valence-electron chi connectivity index (χ3n) is 5.90. The van der Waals surface area contributed by atoms with E-state index in [1.54, 1.807) is 30.3 Å². The third kappa shape index (κ3) is 3.20. The Labute approximate surface area is 178 Å². The second kappa shape index (κ2) is 7.46. The van der Waals surface area contributed by atoms with Crippen LogP contribution in [0.3, 0.4) is 0 Å². The fourth-order valence-electron chi connectivity index (χ4n) is 4.07. The van der Waals surface area contributed by atoms with Gasteiger partial charge in [-0.2, -0.15) is 0 Å². The predicted molar refractivity (Wildman–Crippen MR) is 114 cm³/mol. The Bertz CT molecular complexity index is 1350. The van der Waals surface area contributed by atoms with Crippen LogP contribution in [-0.2, 0) is 7.05 Å². The number of carbonyl (C=O) groups excluding carboxylic acids is 1. The Morgan fingerprint density at radius 3 is 2.84 bits per heavy atom. The molecular formula is C23H21N5O3.